The van der Waals surface area contributed by atoms with Gasteiger partial charge in [-0.3, -0.25) is 0 Å². The van der Waals surface area contributed by atoms with Crippen molar-refractivity contribution in [1.82, 2.24) is 15.3 Å². The lowest BCUT2D eigenvalue weighted by Gasteiger charge is -2.35. The lowest BCUT2D eigenvalue weighted by Crippen LogP contribution is -2.52. The van der Waals surface area contributed by atoms with Crippen LogP contribution in [0.15, 0.2) is 22.7 Å². The number of piperazine rings is 1. The SMILES string of the molecule is Cc1ccc(C(CN)NN2CCN(C)CC2)cc1Br. The number of hydrogen-bond acceptors (Lipinski definition) is 4. The molecule has 5 heteroatoms. The molecule has 0 saturated carbocycles. The van der Waals surface area contributed by atoms with Gasteiger partial charge < -0.3 is 10.6 Å². The Morgan fingerprint density at radius 2 is 2.00 bits per heavy atom. The molecule has 1 aliphatic heterocycles. The molecule has 4 nitrogen and oxygen atoms in total. The summed E-state index contributed by atoms with van der Waals surface area (Å²) in [5.41, 5.74) is 12.0. The van der Waals surface area contributed by atoms with E-state index in [4.69, 9.17) is 5.73 Å². The van der Waals surface area contributed by atoms with E-state index >= 15 is 0 Å². The van der Waals surface area contributed by atoms with Crippen LogP contribution in [0.1, 0.15) is 17.2 Å². The van der Waals surface area contributed by atoms with Gasteiger partial charge in [-0.1, -0.05) is 28.1 Å². The molecule has 1 atom stereocenters. The summed E-state index contributed by atoms with van der Waals surface area (Å²) in [4.78, 5) is 2.35. The van der Waals surface area contributed by atoms with E-state index in [9.17, 15) is 0 Å². The Morgan fingerprint density at radius 3 is 2.58 bits per heavy atom. The van der Waals surface area contributed by atoms with Crippen LogP contribution in [-0.2, 0) is 0 Å². The molecule has 0 spiro atoms. The zero-order chi connectivity index (χ0) is 13.8. The van der Waals surface area contributed by atoms with Crippen LogP contribution in [0.2, 0.25) is 0 Å². The number of halogens is 1. The number of nitrogens with two attached hydrogens (primary N) is 1. The molecule has 0 aromatic heterocycles. The number of hydrogen-bond donors (Lipinski definition) is 2. The summed E-state index contributed by atoms with van der Waals surface area (Å²) in [6.07, 6.45) is 0. The summed E-state index contributed by atoms with van der Waals surface area (Å²) in [7, 11) is 2.16. The number of nitrogens with one attached hydrogen (secondary N) is 1. The second-order valence-corrected chi connectivity index (χ2v) is 6.07. The summed E-state index contributed by atoms with van der Waals surface area (Å²) < 4.78 is 1.14. The van der Waals surface area contributed by atoms with Crippen molar-refractivity contribution in [2.24, 2.45) is 5.73 Å². The van der Waals surface area contributed by atoms with Gasteiger partial charge in [0, 0.05) is 37.2 Å². The van der Waals surface area contributed by atoms with E-state index in [1.807, 2.05) is 0 Å². The van der Waals surface area contributed by atoms with Gasteiger partial charge in [-0.05, 0) is 31.2 Å². The highest BCUT2D eigenvalue weighted by molar-refractivity contribution is 9.10. The third-order valence-electron chi connectivity index (χ3n) is 3.68. The average molecular weight is 327 g/mol. The molecule has 3 N–H and O–H groups in total. The first-order valence-electron chi connectivity index (χ1n) is 6.76. The smallest absolute Gasteiger partial charge is 0.0587 e. The van der Waals surface area contributed by atoms with Gasteiger partial charge in [0.15, 0.2) is 0 Å². The second kappa shape index (κ2) is 6.81. The molecule has 106 valence electrons. The molecule has 1 aromatic rings. The van der Waals surface area contributed by atoms with Crippen LogP contribution < -0.4 is 11.2 Å². The molecule has 0 aliphatic carbocycles. The van der Waals surface area contributed by atoms with Gasteiger partial charge >= 0.3 is 0 Å². The van der Waals surface area contributed by atoms with E-state index in [2.05, 4.69) is 63.4 Å². The van der Waals surface area contributed by atoms with Crippen molar-refractivity contribution < 1.29 is 0 Å². The third-order valence-corrected chi connectivity index (χ3v) is 4.53. The zero-order valence-corrected chi connectivity index (χ0v) is 13.3. The van der Waals surface area contributed by atoms with Gasteiger partial charge in [0.2, 0.25) is 0 Å². The molecule has 0 amide bonds. The largest absolute Gasteiger partial charge is 0.329 e. The summed E-state index contributed by atoms with van der Waals surface area (Å²) in [6.45, 7) is 6.98. The fourth-order valence-electron chi connectivity index (χ4n) is 2.25. The molecule has 1 fully saturated rings. The molecule has 1 aromatic carbocycles. The van der Waals surface area contributed by atoms with E-state index in [-0.39, 0.29) is 6.04 Å². The molecule has 2 rings (SSSR count). The predicted octanol–water partition coefficient (Wildman–Crippen LogP) is 1.51. The Hall–Kier alpha value is -0.460. The van der Waals surface area contributed by atoms with Crippen LogP contribution in [-0.4, -0.2) is 49.7 Å². The molecular weight excluding hydrogens is 304 g/mol. The monoisotopic (exact) mass is 326 g/mol. The maximum Gasteiger partial charge on any atom is 0.0587 e. The first-order valence-corrected chi connectivity index (χ1v) is 7.55. The quantitative estimate of drug-likeness (QED) is 0.880. The maximum absolute atomic E-state index is 5.92. The van der Waals surface area contributed by atoms with Crippen LogP contribution in [0.4, 0.5) is 0 Å². The Morgan fingerprint density at radius 1 is 1.32 bits per heavy atom. The van der Waals surface area contributed by atoms with E-state index in [0.29, 0.717) is 6.54 Å². The maximum atomic E-state index is 5.92. The minimum Gasteiger partial charge on any atom is -0.329 e. The Bertz CT molecular complexity index is 416. The van der Waals surface area contributed by atoms with E-state index in [1.165, 1.54) is 11.1 Å². The molecule has 1 unspecified atom stereocenters. The fourth-order valence-corrected chi connectivity index (χ4v) is 2.64. The predicted molar refractivity (Wildman–Crippen MR) is 82.9 cm³/mol. The molecule has 1 aliphatic rings. The lowest BCUT2D eigenvalue weighted by atomic mass is 10.1. The summed E-state index contributed by atoms with van der Waals surface area (Å²) in [5.74, 6) is 0. The normalized spacial score (nSPS) is 19.6. The van der Waals surface area contributed by atoms with Gasteiger partial charge in [-0.15, -0.1) is 0 Å². The molecule has 0 radical (unpaired) electrons. The van der Waals surface area contributed by atoms with Gasteiger partial charge in [0.1, 0.15) is 0 Å². The van der Waals surface area contributed by atoms with Crippen LogP contribution in [0.25, 0.3) is 0 Å². The number of benzene rings is 1. The van der Waals surface area contributed by atoms with Gasteiger partial charge in [0.05, 0.1) is 6.04 Å². The van der Waals surface area contributed by atoms with Crippen molar-refractivity contribution in [3.8, 4) is 0 Å². The van der Waals surface area contributed by atoms with Crippen LogP contribution in [0, 0.1) is 6.92 Å². The average Bonchev–Trinajstić information content (AvgIpc) is 2.41. The first kappa shape index (κ1) is 14.9. The van der Waals surface area contributed by atoms with Gasteiger partial charge in [0.25, 0.3) is 0 Å². The Balaban J connectivity index is 2.01. The summed E-state index contributed by atoms with van der Waals surface area (Å²) in [6, 6.07) is 6.63. The van der Waals surface area contributed by atoms with Crippen molar-refractivity contribution in [2.75, 3.05) is 39.8 Å². The minimum absolute atomic E-state index is 0.181. The highest BCUT2D eigenvalue weighted by Gasteiger charge is 2.18. The number of aryl methyl sites for hydroxylation is 1. The molecule has 19 heavy (non-hydrogen) atoms. The van der Waals surface area contributed by atoms with Crippen molar-refractivity contribution in [3.05, 3.63) is 33.8 Å². The Kier molecular flexibility index (Phi) is 5.36. The van der Waals surface area contributed by atoms with Crippen molar-refractivity contribution in [3.63, 3.8) is 0 Å². The van der Waals surface area contributed by atoms with Crippen LogP contribution in [0.3, 0.4) is 0 Å². The minimum atomic E-state index is 0.181. The van der Waals surface area contributed by atoms with Gasteiger partial charge in [-0.25, -0.2) is 10.4 Å². The number of rotatable bonds is 4. The van der Waals surface area contributed by atoms with E-state index < -0.39 is 0 Å². The molecule has 1 heterocycles. The first-order chi connectivity index (χ1) is 9.10. The van der Waals surface area contributed by atoms with Crippen LogP contribution in [0.5, 0.6) is 0 Å². The van der Waals surface area contributed by atoms with Crippen molar-refractivity contribution in [2.45, 2.75) is 13.0 Å². The van der Waals surface area contributed by atoms with Crippen molar-refractivity contribution >= 4 is 15.9 Å². The van der Waals surface area contributed by atoms with Crippen molar-refractivity contribution in [1.29, 1.82) is 0 Å². The summed E-state index contributed by atoms with van der Waals surface area (Å²) in [5, 5.41) is 2.28. The number of likely N-dealkylation sites (N-methyl/N-ethyl adjacent to an activating group) is 1. The fraction of sp³-hybridized carbons (Fsp3) is 0.571. The lowest BCUT2D eigenvalue weighted by molar-refractivity contribution is 0.0880. The van der Waals surface area contributed by atoms with Gasteiger partial charge in [-0.2, -0.15) is 0 Å². The number of nitrogens with zero attached hydrogens (tertiary/aromatic N) is 2. The molecular formula is C14H23BrN4. The second-order valence-electron chi connectivity index (χ2n) is 5.22. The summed E-state index contributed by atoms with van der Waals surface area (Å²) >= 11 is 3.59. The third kappa shape index (κ3) is 4.00. The highest BCUT2D eigenvalue weighted by atomic mass is 79.9. The molecule has 1 saturated heterocycles. The topological polar surface area (TPSA) is 44.5 Å². The highest BCUT2D eigenvalue weighted by Crippen LogP contribution is 2.21. The molecule has 0 bridgehead atoms. The number of hydrazine groups is 1. The van der Waals surface area contributed by atoms with E-state index in [0.717, 1.165) is 30.7 Å². The van der Waals surface area contributed by atoms with E-state index in [1.54, 1.807) is 0 Å². The zero-order valence-electron chi connectivity index (χ0n) is 11.7. The Labute approximate surface area is 124 Å². The standard InChI is InChI=1S/C14H23BrN4/c1-11-3-4-12(9-13(11)15)14(10-16)17-19-7-5-18(2)6-8-19/h3-4,9,14,17H,5-8,10,16H2,1-2H3. The van der Waals surface area contributed by atoms with Crippen LogP contribution >= 0.6 is 15.9 Å².